The van der Waals surface area contributed by atoms with Gasteiger partial charge in [-0.25, -0.2) is 0 Å². The van der Waals surface area contributed by atoms with Gasteiger partial charge in [-0.15, -0.1) is 0 Å². The van der Waals surface area contributed by atoms with Gasteiger partial charge in [-0.1, -0.05) is 48.5 Å². The highest BCUT2D eigenvalue weighted by molar-refractivity contribution is 5.96. The molecule has 0 atom stereocenters. The minimum atomic E-state index is -0.690. The molecule has 2 aromatic carbocycles. The van der Waals surface area contributed by atoms with E-state index in [1.807, 2.05) is 46.2 Å². The van der Waals surface area contributed by atoms with Crippen LogP contribution in [0.1, 0.15) is 44.1 Å². The van der Waals surface area contributed by atoms with Crippen LogP contribution in [0.25, 0.3) is 0 Å². The van der Waals surface area contributed by atoms with Crippen LogP contribution in [0.15, 0.2) is 60.7 Å². The van der Waals surface area contributed by atoms with Crippen molar-refractivity contribution < 1.29 is 14.4 Å². The average Bonchev–Trinajstić information content (AvgIpc) is 3.78. The van der Waals surface area contributed by atoms with E-state index < -0.39 is 5.54 Å². The van der Waals surface area contributed by atoms with Gasteiger partial charge in [0.05, 0.1) is 6.67 Å². The number of nitrogens with zero attached hydrogens (tertiary/aromatic N) is 4. The molecule has 3 aliphatic heterocycles. The van der Waals surface area contributed by atoms with Crippen molar-refractivity contribution in [2.45, 2.75) is 50.5 Å². The van der Waals surface area contributed by atoms with Gasteiger partial charge in [-0.05, 0) is 68.6 Å². The molecule has 3 saturated heterocycles. The molecule has 0 radical (unpaired) electrons. The Morgan fingerprint density at radius 3 is 2.05 bits per heavy atom. The van der Waals surface area contributed by atoms with Crippen molar-refractivity contribution in [1.29, 1.82) is 0 Å². The Morgan fingerprint density at radius 1 is 0.789 bits per heavy atom. The van der Waals surface area contributed by atoms with E-state index in [2.05, 4.69) is 29.2 Å². The van der Waals surface area contributed by atoms with E-state index in [-0.39, 0.29) is 30.2 Å². The lowest BCUT2D eigenvalue weighted by atomic mass is 9.85. The molecule has 0 unspecified atom stereocenters. The molecular weight excluding hydrogens is 476 g/mol. The molecule has 0 aromatic heterocycles. The molecule has 2 aromatic rings. The Balaban J connectivity index is 1.10. The maximum absolute atomic E-state index is 14.0. The van der Waals surface area contributed by atoms with E-state index in [1.54, 1.807) is 4.90 Å². The van der Waals surface area contributed by atoms with E-state index in [4.69, 9.17) is 0 Å². The summed E-state index contributed by atoms with van der Waals surface area (Å²) in [6.07, 6.45) is 6.26. The van der Waals surface area contributed by atoms with Crippen molar-refractivity contribution in [2.75, 3.05) is 44.3 Å². The molecule has 1 aliphatic carbocycles. The molecule has 3 heterocycles. The lowest BCUT2D eigenvalue weighted by molar-refractivity contribution is -0.143. The summed E-state index contributed by atoms with van der Waals surface area (Å²) in [6.45, 7) is 3.24. The smallest absolute Gasteiger partial charge is 0.250 e. The van der Waals surface area contributed by atoms with E-state index in [9.17, 15) is 14.4 Å². The van der Waals surface area contributed by atoms with Crippen molar-refractivity contribution in [3.05, 3.63) is 66.2 Å². The first-order chi connectivity index (χ1) is 18.5. The van der Waals surface area contributed by atoms with Crippen molar-refractivity contribution in [3.8, 4) is 0 Å². The van der Waals surface area contributed by atoms with E-state index in [1.165, 1.54) is 5.56 Å². The van der Waals surface area contributed by atoms with E-state index in [0.717, 1.165) is 50.9 Å². The summed E-state index contributed by atoms with van der Waals surface area (Å²) in [7, 11) is 0. The number of anilines is 1. The van der Waals surface area contributed by atoms with Gasteiger partial charge in [-0.3, -0.25) is 14.4 Å². The second-order valence-corrected chi connectivity index (χ2v) is 11.6. The second-order valence-electron chi connectivity index (χ2n) is 11.6. The van der Waals surface area contributed by atoms with Crippen LogP contribution in [0.3, 0.4) is 0 Å². The fourth-order valence-corrected chi connectivity index (χ4v) is 6.61. The van der Waals surface area contributed by atoms with Gasteiger partial charge in [-0.2, -0.15) is 0 Å². The van der Waals surface area contributed by atoms with Crippen LogP contribution in [0.5, 0.6) is 0 Å². The SMILES string of the molecule is O=C(CN1CN(c2ccccc2)C2(CCN(C(=O)C3CC3)CC2)C1=O)N1CCC(Cc2ccccc2)CC1. The molecule has 1 saturated carbocycles. The summed E-state index contributed by atoms with van der Waals surface area (Å²) in [5.74, 6) is 1.11. The molecule has 38 heavy (non-hydrogen) atoms. The number of para-hydroxylation sites is 1. The van der Waals surface area contributed by atoms with E-state index >= 15 is 0 Å². The molecule has 6 rings (SSSR count). The lowest BCUT2D eigenvalue weighted by Gasteiger charge is -2.43. The Bertz CT molecular complexity index is 1150. The molecule has 0 bridgehead atoms. The minimum absolute atomic E-state index is 0.0344. The van der Waals surface area contributed by atoms with Gasteiger partial charge >= 0.3 is 0 Å². The molecule has 0 N–H and O–H groups in total. The van der Waals surface area contributed by atoms with Crippen LogP contribution in [0.4, 0.5) is 5.69 Å². The number of likely N-dealkylation sites (tertiary alicyclic amines) is 2. The van der Waals surface area contributed by atoms with Crippen LogP contribution in [0.2, 0.25) is 0 Å². The molecule has 4 aliphatic rings. The van der Waals surface area contributed by atoms with E-state index in [0.29, 0.717) is 38.5 Å². The number of carbonyl (C=O) groups excluding carboxylic acids is 3. The number of hydrogen-bond acceptors (Lipinski definition) is 4. The number of rotatable bonds is 6. The van der Waals surface area contributed by atoms with Crippen LogP contribution >= 0.6 is 0 Å². The number of piperidine rings is 2. The van der Waals surface area contributed by atoms with Crippen LogP contribution < -0.4 is 4.90 Å². The van der Waals surface area contributed by atoms with Gasteiger partial charge in [0.1, 0.15) is 12.1 Å². The molecule has 200 valence electrons. The van der Waals surface area contributed by atoms with Gasteiger partial charge in [0.2, 0.25) is 11.8 Å². The van der Waals surface area contributed by atoms with Crippen LogP contribution in [0, 0.1) is 11.8 Å². The van der Waals surface area contributed by atoms with Gasteiger partial charge in [0.15, 0.2) is 0 Å². The first-order valence-electron chi connectivity index (χ1n) is 14.3. The fourth-order valence-electron chi connectivity index (χ4n) is 6.61. The Kier molecular flexibility index (Phi) is 6.85. The van der Waals surface area contributed by atoms with Gasteiger partial charge in [0, 0.05) is 37.8 Å². The molecular formula is C31H38N4O3. The second kappa shape index (κ2) is 10.4. The summed E-state index contributed by atoms with van der Waals surface area (Å²) < 4.78 is 0. The standard InChI is InChI=1S/C31H38N4O3/c36-28(32-17-13-25(14-18-32)21-24-7-3-1-4-8-24)22-34-23-35(27-9-5-2-6-10-27)31(30(34)38)15-19-33(20-16-31)29(37)26-11-12-26/h1-10,25-26H,11-23H2. The van der Waals surface area contributed by atoms with Crippen LogP contribution in [-0.2, 0) is 20.8 Å². The maximum Gasteiger partial charge on any atom is 0.250 e. The van der Waals surface area contributed by atoms with Crippen molar-refractivity contribution in [2.24, 2.45) is 11.8 Å². The van der Waals surface area contributed by atoms with Gasteiger partial charge in [0.25, 0.3) is 5.91 Å². The normalized spacial score (nSPS) is 21.8. The summed E-state index contributed by atoms with van der Waals surface area (Å²) in [5, 5.41) is 0. The number of hydrogen-bond donors (Lipinski definition) is 0. The average molecular weight is 515 g/mol. The molecule has 7 heteroatoms. The summed E-state index contributed by atoms with van der Waals surface area (Å²) in [6, 6.07) is 20.6. The Morgan fingerprint density at radius 2 is 1.42 bits per heavy atom. The molecule has 3 amide bonds. The number of benzene rings is 2. The first-order valence-corrected chi connectivity index (χ1v) is 14.3. The predicted octanol–water partition coefficient (Wildman–Crippen LogP) is 3.55. The zero-order valence-corrected chi connectivity index (χ0v) is 22.1. The highest BCUT2D eigenvalue weighted by atomic mass is 16.2. The zero-order valence-electron chi connectivity index (χ0n) is 22.1. The first kappa shape index (κ1) is 25.0. The fraction of sp³-hybridized carbons (Fsp3) is 0.516. The topological polar surface area (TPSA) is 64.2 Å². The molecule has 4 fully saturated rings. The maximum atomic E-state index is 14.0. The number of amides is 3. The zero-order chi connectivity index (χ0) is 26.1. The molecule has 1 spiro atoms. The highest BCUT2D eigenvalue weighted by Crippen LogP contribution is 2.41. The van der Waals surface area contributed by atoms with Crippen LogP contribution in [-0.4, -0.2) is 77.4 Å². The summed E-state index contributed by atoms with van der Waals surface area (Å²) in [5.41, 5.74) is 1.67. The van der Waals surface area contributed by atoms with Crippen molar-refractivity contribution in [3.63, 3.8) is 0 Å². The minimum Gasteiger partial charge on any atom is -0.342 e. The third-order valence-electron chi connectivity index (χ3n) is 9.07. The van der Waals surface area contributed by atoms with Crippen molar-refractivity contribution >= 4 is 23.4 Å². The predicted molar refractivity (Wildman–Crippen MR) is 146 cm³/mol. The lowest BCUT2D eigenvalue weighted by Crippen LogP contribution is -2.57. The summed E-state index contributed by atoms with van der Waals surface area (Å²) >= 11 is 0. The van der Waals surface area contributed by atoms with Gasteiger partial charge < -0.3 is 19.6 Å². The molecule has 7 nitrogen and oxygen atoms in total. The highest BCUT2D eigenvalue weighted by Gasteiger charge is 2.55. The van der Waals surface area contributed by atoms with Crippen molar-refractivity contribution in [1.82, 2.24) is 14.7 Å². The third kappa shape index (κ3) is 4.91. The number of carbonyl (C=O) groups is 3. The Hall–Kier alpha value is -3.35. The third-order valence-corrected chi connectivity index (χ3v) is 9.07. The largest absolute Gasteiger partial charge is 0.342 e. The Labute approximate surface area is 225 Å². The monoisotopic (exact) mass is 514 g/mol. The quantitative estimate of drug-likeness (QED) is 0.592. The summed E-state index contributed by atoms with van der Waals surface area (Å²) in [4.78, 5) is 47.9.